The number of hydrogen-bond acceptors (Lipinski definition) is 2. The second-order valence-electron chi connectivity index (χ2n) is 6.16. The van der Waals surface area contributed by atoms with Crippen molar-refractivity contribution in [2.75, 3.05) is 13.1 Å². The smallest absolute Gasteiger partial charge is 0.0920 e. The van der Waals surface area contributed by atoms with Gasteiger partial charge in [0.1, 0.15) is 0 Å². The van der Waals surface area contributed by atoms with Crippen LogP contribution in [-0.2, 0) is 12.1 Å². The standard InChI is InChI=1S/C19H23NO/c1-16-7-9-17(10-8-16)15-20-13-11-19(21,12-14-20)18-5-3-2-4-6-18/h2-10,21H,11-15H2,1H3. The second-order valence-corrected chi connectivity index (χ2v) is 6.16. The van der Waals surface area contributed by atoms with E-state index >= 15 is 0 Å². The van der Waals surface area contributed by atoms with Gasteiger partial charge in [-0.15, -0.1) is 0 Å². The Labute approximate surface area is 127 Å². The highest BCUT2D eigenvalue weighted by atomic mass is 16.3. The van der Waals surface area contributed by atoms with Gasteiger partial charge in [-0.1, -0.05) is 60.2 Å². The van der Waals surface area contributed by atoms with E-state index in [0.29, 0.717) is 0 Å². The summed E-state index contributed by atoms with van der Waals surface area (Å²) in [5.74, 6) is 0. The van der Waals surface area contributed by atoms with Crippen LogP contribution in [0.2, 0.25) is 0 Å². The average molecular weight is 281 g/mol. The zero-order valence-electron chi connectivity index (χ0n) is 12.6. The van der Waals surface area contributed by atoms with Crippen LogP contribution in [0, 0.1) is 6.92 Å². The quantitative estimate of drug-likeness (QED) is 0.931. The van der Waals surface area contributed by atoms with E-state index in [2.05, 4.69) is 36.1 Å². The summed E-state index contributed by atoms with van der Waals surface area (Å²) >= 11 is 0. The van der Waals surface area contributed by atoms with Gasteiger partial charge in [0.05, 0.1) is 5.60 Å². The number of hydrogen-bond donors (Lipinski definition) is 1. The largest absolute Gasteiger partial charge is 0.385 e. The highest BCUT2D eigenvalue weighted by Crippen LogP contribution is 2.32. The molecule has 1 fully saturated rings. The first kappa shape index (κ1) is 14.3. The van der Waals surface area contributed by atoms with Crippen LogP contribution in [0.4, 0.5) is 0 Å². The Morgan fingerprint density at radius 3 is 2.19 bits per heavy atom. The average Bonchev–Trinajstić information content (AvgIpc) is 2.53. The van der Waals surface area contributed by atoms with Crippen LogP contribution >= 0.6 is 0 Å². The Balaban J connectivity index is 1.61. The van der Waals surface area contributed by atoms with E-state index in [1.54, 1.807) is 0 Å². The summed E-state index contributed by atoms with van der Waals surface area (Å²) in [6.45, 7) is 4.98. The lowest BCUT2D eigenvalue weighted by atomic mass is 9.84. The lowest BCUT2D eigenvalue weighted by Crippen LogP contribution is -2.42. The lowest BCUT2D eigenvalue weighted by Gasteiger charge is -2.38. The van der Waals surface area contributed by atoms with Crippen molar-refractivity contribution in [2.45, 2.75) is 31.9 Å². The van der Waals surface area contributed by atoms with Crippen molar-refractivity contribution >= 4 is 0 Å². The van der Waals surface area contributed by atoms with Crippen LogP contribution in [0.3, 0.4) is 0 Å². The fourth-order valence-electron chi connectivity index (χ4n) is 3.07. The summed E-state index contributed by atoms with van der Waals surface area (Å²) in [6, 6.07) is 18.8. The van der Waals surface area contributed by atoms with Crippen molar-refractivity contribution in [3.05, 3.63) is 71.3 Å². The van der Waals surface area contributed by atoms with Gasteiger partial charge in [0.15, 0.2) is 0 Å². The Kier molecular flexibility index (Phi) is 4.09. The third-order valence-electron chi connectivity index (χ3n) is 4.52. The van der Waals surface area contributed by atoms with Gasteiger partial charge in [0.25, 0.3) is 0 Å². The van der Waals surface area contributed by atoms with E-state index in [9.17, 15) is 5.11 Å². The van der Waals surface area contributed by atoms with Crippen molar-refractivity contribution in [3.8, 4) is 0 Å². The predicted molar refractivity (Wildman–Crippen MR) is 86.0 cm³/mol. The maximum absolute atomic E-state index is 10.8. The van der Waals surface area contributed by atoms with Crippen LogP contribution in [0.15, 0.2) is 54.6 Å². The summed E-state index contributed by atoms with van der Waals surface area (Å²) < 4.78 is 0. The molecule has 3 rings (SSSR count). The molecule has 0 bridgehead atoms. The molecule has 2 aromatic rings. The van der Waals surface area contributed by atoms with Crippen molar-refractivity contribution in [2.24, 2.45) is 0 Å². The number of aryl methyl sites for hydroxylation is 1. The molecular formula is C19H23NO. The fourth-order valence-corrected chi connectivity index (χ4v) is 3.07. The monoisotopic (exact) mass is 281 g/mol. The van der Waals surface area contributed by atoms with E-state index in [0.717, 1.165) is 38.0 Å². The van der Waals surface area contributed by atoms with E-state index in [-0.39, 0.29) is 0 Å². The number of rotatable bonds is 3. The molecule has 21 heavy (non-hydrogen) atoms. The number of aliphatic hydroxyl groups is 1. The van der Waals surface area contributed by atoms with Gasteiger partial charge in [-0.05, 0) is 30.9 Å². The van der Waals surface area contributed by atoms with Crippen LogP contribution in [0.5, 0.6) is 0 Å². The molecule has 1 saturated heterocycles. The third-order valence-corrected chi connectivity index (χ3v) is 4.52. The molecule has 0 spiro atoms. The first-order valence-electron chi connectivity index (χ1n) is 7.72. The van der Waals surface area contributed by atoms with Gasteiger partial charge < -0.3 is 5.11 Å². The van der Waals surface area contributed by atoms with E-state index in [1.807, 2.05) is 30.3 Å². The molecule has 2 heteroatoms. The highest BCUT2D eigenvalue weighted by Gasteiger charge is 2.33. The molecule has 1 aliphatic heterocycles. The van der Waals surface area contributed by atoms with Crippen LogP contribution in [0.25, 0.3) is 0 Å². The normalized spacial score (nSPS) is 18.6. The summed E-state index contributed by atoms with van der Waals surface area (Å²) in [7, 11) is 0. The molecule has 0 aliphatic carbocycles. The summed E-state index contributed by atoms with van der Waals surface area (Å²) in [4.78, 5) is 2.43. The SMILES string of the molecule is Cc1ccc(CN2CCC(O)(c3ccccc3)CC2)cc1. The van der Waals surface area contributed by atoms with Gasteiger partial charge in [0, 0.05) is 19.6 Å². The minimum absolute atomic E-state index is 0.648. The van der Waals surface area contributed by atoms with Crippen molar-refractivity contribution in [3.63, 3.8) is 0 Å². The molecule has 0 amide bonds. The van der Waals surface area contributed by atoms with Gasteiger partial charge in [-0.2, -0.15) is 0 Å². The lowest BCUT2D eigenvalue weighted by molar-refractivity contribution is -0.0277. The molecule has 0 saturated carbocycles. The van der Waals surface area contributed by atoms with Crippen LogP contribution in [0.1, 0.15) is 29.5 Å². The summed E-state index contributed by atoms with van der Waals surface area (Å²) in [6.07, 6.45) is 1.62. The first-order valence-corrected chi connectivity index (χ1v) is 7.72. The minimum Gasteiger partial charge on any atom is -0.385 e. The molecule has 2 nitrogen and oxygen atoms in total. The first-order chi connectivity index (χ1) is 10.2. The molecule has 0 unspecified atom stereocenters. The van der Waals surface area contributed by atoms with Gasteiger partial charge >= 0.3 is 0 Å². The minimum atomic E-state index is -0.648. The topological polar surface area (TPSA) is 23.5 Å². The molecule has 1 N–H and O–H groups in total. The maximum Gasteiger partial charge on any atom is 0.0920 e. The molecule has 0 atom stereocenters. The molecule has 0 aromatic heterocycles. The third kappa shape index (κ3) is 3.34. The number of benzene rings is 2. The Hall–Kier alpha value is -1.64. The molecular weight excluding hydrogens is 258 g/mol. The van der Waals surface area contributed by atoms with Crippen LogP contribution < -0.4 is 0 Å². The zero-order valence-corrected chi connectivity index (χ0v) is 12.6. The van der Waals surface area contributed by atoms with E-state index in [1.165, 1.54) is 11.1 Å². The van der Waals surface area contributed by atoms with Gasteiger partial charge in [-0.3, -0.25) is 4.90 Å². The van der Waals surface area contributed by atoms with Crippen molar-refractivity contribution < 1.29 is 5.11 Å². The van der Waals surface area contributed by atoms with E-state index in [4.69, 9.17) is 0 Å². The summed E-state index contributed by atoms with van der Waals surface area (Å²) in [5.41, 5.74) is 3.06. The predicted octanol–water partition coefficient (Wildman–Crippen LogP) is 3.48. The fraction of sp³-hybridized carbons (Fsp3) is 0.368. The van der Waals surface area contributed by atoms with E-state index < -0.39 is 5.60 Å². The number of piperidine rings is 1. The van der Waals surface area contributed by atoms with Gasteiger partial charge in [-0.25, -0.2) is 0 Å². The zero-order chi connectivity index (χ0) is 14.7. The van der Waals surface area contributed by atoms with Crippen LogP contribution in [-0.4, -0.2) is 23.1 Å². The number of likely N-dealkylation sites (tertiary alicyclic amines) is 1. The summed E-state index contributed by atoms with van der Waals surface area (Å²) in [5, 5.41) is 10.8. The van der Waals surface area contributed by atoms with Crippen molar-refractivity contribution in [1.29, 1.82) is 0 Å². The molecule has 1 heterocycles. The Bertz CT molecular complexity index is 568. The Morgan fingerprint density at radius 2 is 1.57 bits per heavy atom. The number of nitrogens with zero attached hydrogens (tertiary/aromatic N) is 1. The molecule has 1 aliphatic rings. The molecule has 110 valence electrons. The maximum atomic E-state index is 10.8. The molecule has 0 radical (unpaired) electrons. The molecule has 2 aromatic carbocycles. The van der Waals surface area contributed by atoms with Crippen molar-refractivity contribution in [1.82, 2.24) is 4.90 Å². The highest BCUT2D eigenvalue weighted by molar-refractivity contribution is 5.24. The van der Waals surface area contributed by atoms with Gasteiger partial charge in [0.2, 0.25) is 0 Å². The second kappa shape index (κ2) is 6.00. The Morgan fingerprint density at radius 1 is 0.952 bits per heavy atom.